The summed E-state index contributed by atoms with van der Waals surface area (Å²) in [7, 11) is 0. The van der Waals surface area contributed by atoms with Crippen LogP contribution in [0, 0.1) is 0 Å². The molecule has 9 aromatic carbocycles. The lowest BCUT2D eigenvalue weighted by Gasteiger charge is -2.30. The van der Waals surface area contributed by atoms with Gasteiger partial charge in [0, 0.05) is 27.5 Å². The number of nitrogens with zero attached hydrogens (tertiary/aromatic N) is 3. The first-order chi connectivity index (χ1) is 30.7. The van der Waals surface area contributed by atoms with Crippen LogP contribution in [0.15, 0.2) is 217 Å². The maximum atomic E-state index is 6.17. The van der Waals surface area contributed by atoms with Crippen LogP contribution in [0.3, 0.4) is 0 Å². The van der Waals surface area contributed by atoms with Gasteiger partial charge in [-0.25, -0.2) is 15.0 Å². The molecule has 2 aromatic heterocycles. The maximum Gasteiger partial charge on any atom is 0.164 e. The Labute approximate surface area is 358 Å². The highest BCUT2D eigenvalue weighted by Gasteiger charge is 2.51. The summed E-state index contributed by atoms with van der Waals surface area (Å²) in [5.74, 6) is 1.84. The maximum absolute atomic E-state index is 6.17. The fourth-order valence-corrected chi connectivity index (χ4v) is 10.3. The lowest BCUT2D eigenvalue weighted by atomic mass is 9.70. The third-order valence-electron chi connectivity index (χ3n) is 13.0. The highest BCUT2D eigenvalue weighted by Crippen LogP contribution is 2.63. The first-order valence-electron chi connectivity index (χ1n) is 21.1. The van der Waals surface area contributed by atoms with E-state index in [9.17, 15) is 0 Å². The standard InChI is InChI=1S/C58H35N3O/c1-2-15-36(16-3-1)55-59-56(40-30-32-54-48(35-40)45-23-9-13-28-53(45)62-54)61-57(60-55)46-24-5-4-19-41(46)39-18-14-17-37(33-39)38-29-31-52-47(34-38)44-22-8-12-27-51(44)58(52)49-25-10-6-20-42(49)43-21-7-11-26-50(43)58/h1-35H. The van der Waals surface area contributed by atoms with Gasteiger partial charge in [0.1, 0.15) is 11.2 Å². The second kappa shape index (κ2) is 13.4. The molecule has 0 fully saturated rings. The molecule has 2 heterocycles. The van der Waals surface area contributed by atoms with Crippen molar-refractivity contribution in [3.63, 3.8) is 0 Å². The predicted molar refractivity (Wildman–Crippen MR) is 251 cm³/mol. The van der Waals surface area contributed by atoms with Crippen LogP contribution in [-0.2, 0) is 5.41 Å². The van der Waals surface area contributed by atoms with Gasteiger partial charge in [-0.15, -0.1) is 0 Å². The van der Waals surface area contributed by atoms with E-state index in [2.05, 4.69) is 152 Å². The number of para-hydroxylation sites is 1. The molecule has 62 heavy (non-hydrogen) atoms. The zero-order valence-electron chi connectivity index (χ0n) is 33.5. The summed E-state index contributed by atoms with van der Waals surface area (Å²) in [6.07, 6.45) is 0. The molecule has 0 N–H and O–H groups in total. The molecule has 4 nitrogen and oxygen atoms in total. The molecule has 1 spiro atoms. The smallest absolute Gasteiger partial charge is 0.164 e. The van der Waals surface area contributed by atoms with Crippen molar-refractivity contribution in [1.29, 1.82) is 0 Å². The van der Waals surface area contributed by atoms with Crippen molar-refractivity contribution in [2.45, 2.75) is 5.41 Å². The molecule has 4 heteroatoms. The van der Waals surface area contributed by atoms with Crippen molar-refractivity contribution in [3.8, 4) is 78.7 Å². The van der Waals surface area contributed by atoms with Gasteiger partial charge in [0.2, 0.25) is 0 Å². The number of rotatable bonds is 5. The number of fused-ring (bicyclic) bond motifs is 13. The van der Waals surface area contributed by atoms with Crippen molar-refractivity contribution in [2.75, 3.05) is 0 Å². The minimum Gasteiger partial charge on any atom is -0.456 e. The third-order valence-corrected chi connectivity index (χ3v) is 13.0. The molecule has 2 aliphatic carbocycles. The van der Waals surface area contributed by atoms with Crippen molar-refractivity contribution in [2.24, 2.45) is 0 Å². The summed E-state index contributed by atoms with van der Waals surface area (Å²) < 4.78 is 6.17. The van der Waals surface area contributed by atoms with Crippen molar-refractivity contribution < 1.29 is 4.42 Å². The van der Waals surface area contributed by atoms with Crippen molar-refractivity contribution in [1.82, 2.24) is 15.0 Å². The first kappa shape index (κ1) is 34.6. The predicted octanol–water partition coefficient (Wildman–Crippen LogP) is 14.4. The summed E-state index contributed by atoms with van der Waals surface area (Å²) in [4.78, 5) is 15.4. The number of benzene rings is 9. The molecule has 2 aliphatic rings. The van der Waals surface area contributed by atoms with E-state index in [1.807, 2.05) is 60.7 Å². The fraction of sp³-hybridized carbons (Fsp3) is 0.0172. The second-order valence-electron chi connectivity index (χ2n) is 16.3. The Morgan fingerprint density at radius 2 is 0.774 bits per heavy atom. The van der Waals surface area contributed by atoms with Crippen LogP contribution in [-0.4, -0.2) is 15.0 Å². The molecule has 0 saturated heterocycles. The summed E-state index contributed by atoms with van der Waals surface area (Å²) in [6, 6.07) is 75.8. The minimum atomic E-state index is -0.363. The second-order valence-corrected chi connectivity index (χ2v) is 16.3. The fourth-order valence-electron chi connectivity index (χ4n) is 10.3. The Kier molecular flexibility index (Phi) is 7.49. The monoisotopic (exact) mass is 789 g/mol. The zero-order valence-corrected chi connectivity index (χ0v) is 33.5. The van der Waals surface area contributed by atoms with Crippen LogP contribution in [0.1, 0.15) is 22.3 Å². The van der Waals surface area contributed by atoms with E-state index >= 15 is 0 Å². The zero-order chi connectivity index (χ0) is 40.8. The Morgan fingerprint density at radius 1 is 0.274 bits per heavy atom. The van der Waals surface area contributed by atoms with Gasteiger partial charge in [-0.2, -0.15) is 0 Å². The number of furan rings is 1. The molecular formula is C58H35N3O. The molecule has 288 valence electrons. The molecule has 0 aliphatic heterocycles. The van der Waals surface area contributed by atoms with Crippen LogP contribution in [0.5, 0.6) is 0 Å². The third kappa shape index (κ3) is 5.04. The number of hydrogen-bond donors (Lipinski definition) is 0. The van der Waals surface area contributed by atoms with Gasteiger partial charge < -0.3 is 4.42 Å². The van der Waals surface area contributed by atoms with Crippen LogP contribution in [0.25, 0.3) is 101 Å². The number of hydrogen-bond acceptors (Lipinski definition) is 4. The summed E-state index contributed by atoms with van der Waals surface area (Å²) in [5, 5.41) is 2.09. The van der Waals surface area contributed by atoms with E-state index in [0.717, 1.165) is 55.3 Å². The van der Waals surface area contributed by atoms with Crippen LogP contribution >= 0.6 is 0 Å². The van der Waals surface area contributed by atoms with Crippen molar-refractivity contribution >= 4 is 21.9 Å². The van der Waals surface area contributed by atoms with E-state index < -0.39 is 0 Å². The topological polar surface area (TPSA) is 51.8 Å². The van der Waals surface area contributed by atoms with E-state index in [1.54, 1.807) is 0 Å². The number of aromatic nitrogens is 3. The van der Waals surface area contributed by atoms with Gasteiger partial charge in [-0.1, -0.05) is 176 Å². The molecule has 0 amide bonds. The Morgan fingerprint density at radius 3 is 1.52 bits per heavy atom. The summed E-state index contributed by atoms with van der Waals surface area (Å²) in [6.45, 7) is 0. The molecule has 0 atom stereocenters. The molecule has 11 aromatic rings. The largest absolute Gasteiger partial charge is 0.456 e. The first-order valence-corrected chi connectivity index (χ1v) is 21.1. The lowest BCUT2D eigenvalue weighted by Crippen LogP contribution is -2.25. The summed E-state index contributed by atoms with van der Waals surface area (Å²) >= 11 is 0. The van der Waals surface area contributed by atoms with Crippen LogP contribution in [0.4, 0.5) is 0 Å². The highest BCUT2D eigenvalue weighted by molar-refractivity contribution is 6.06. The van der Waals surface area contributed by atoms with E-state index in [0.29, 0.717) is 17.5 Å². The van der Waals surface area contributed by atoms with E-state index in [1.165, 1.54) is 50.1 Å². The quantitative estimate of drug-likeness (QED) is 0.174. The minimum absolute atomic E-state index is 0.363. The SMILES string of the molecule is c1ccc(-c2nc(-c3ccc4oc5ccccc5c4c3)nc(-c3ccccc3-c3cccc(-c4ccc5c(c4)-c4ccccc4C54c5ccccc5-c5ccccc54)c3)n2)cc1. The average Bonchev–Trinajstić information content (AvgIpc) is 3.98. The molecular weight excluding hydrogens is 755 g/mol. The van der Waals surface area contributed by atoms with Gasteiger partial charge in [-0.05, 0) is 103 Å². The van der Waals surface area contributed by atoms with Crippen LogP contribution in [0.2, 0.25) is 0 Å². The van der Waals surface area contributed by atoms with Gasteiger partial charge in [-0.3, -0.25) is 0 Å². The Balaban J connectivity index is 0.941. The molecule has 0 radical (unpaired) electrons. The molecule has 0 unspecified atom stereocenters. The molecule has 0 bridgehead atoms. The summed E-state index contributed by atoms with van der Waals surface area (Å²) in [5.41, 5.74) is 19.1. The normalized spacial score (nSPS) is 13.0. The highest BCUT2D eigenvalue weighted by atomic mass is 16.3. The Hall–Kier alpha value is -8.21. The molecule has 13 rings (SSSR count). The van der Waals surface area contributed by atoms with Crippen molar-refractivity contribution in [3.05, 3.63) is 235 Å². The average molecular weight is 790 g/mol. The van der Waals surface area contributed by atoms with E-state index in [-0.39, 0.29) is 5.41 Å². The van der Waals surface area contributed by atoms with Gasteiger partial charge in [0.05, 0.1) is 5.41 Å². The lowest BCUT2D eigenvalue weighted by molar-refractivity contribution is 0.669. The molecule has 0 saturated carbocycles. The van der Waals surface area contributed by atoms with Gasteiger partial charge in [0.15, 0.2) is 17.5 Å². The van der Waals surface area contributed by atoms with Gasteiger partial charge >= 0.3 is 0 Å². The van der Waals surface area contributed by atoms with Crippen LogP contribution < -0.4 is 0 Å². The van der Waals surface area contributed by atoms with Gasteiger partial charge in [0.25, 0.3) is 0 Å². The van der Waals surface area contributed by atoms with E-state index in [4.69, 9.17) is 19.4 Å². The Bertz CT molecular complexity index is 3560.